The van der Waals surface area contributed by atoms with Crippen molar-refractivity contribution in [1.82, 2.24) is 15.1 Å². The quantitative estimate of drug-likeness (QED) is 0.457. The van der Waals surface area contributed by atoms with Crippen LogP contribution in [-0.4, -0.2) is 53.8 Å². The first-order valence-electron chi connectivity index (χ1n) is 7.27. The van der Waals surface area contributed by atoms with Gasteiger partial charge in [0.1, 0.15) is 0 Å². The molecule has 0 aromatic rings. The lowest BCUT2D eigenvalue weighted by atomic mass is 10.1. The van der Waals surface area contributed by atoms with Crippen LogP contribution in [0.5, 0.6) is 0 Å². The van der Waals surface area contributed by atoms with E-state index in [2.05, 4.69) is 21.8 Å². The topological polar surface area (TPSA) is 51.1 Å². The van der Waals surface area contributed by atoms with Gasteiger partial charge < -0.3 is 20.2 Å². The van der Waals surface area contributed by atoms with Gasteiger partial charge in [0.25, 0.3) is 0 Å². The van der Waals surface area contributed by atoms with Gasteiger partial charge in [-0.05, 0) is 26.2 Å². The number of hydrogen-bond acceptors (Lipinski definition) is 3. The highest BCUT2D eigenvalue weighted by molar-refractivity contribution is 5.81. The maximum absolute atomic E-state index is 10.9. The van der Waals surface area contributed by atoms with E-state index in [0.29, 0.717) is 0 Å². The van der Waals surface area contributed by atoms with Gasteiger partial charge in [-0.3, -0.25) is 0 Å². The Morgan fingerprint density at radius 1 is 1.50 bits per heavy atom. The molecule has 1 unspecified atom stereocenters. The van der Waals surface area contributed by atoms with Crippen LogP contribution in [0.4, 0.5) is 0 Å². The first-order valence-corrected chi connectivity index (χ1v) is 7.27. The molecular weight excluding hydrogens is 252 g/mol. The summed E-state index contributed by atoms with van der Waals surface area (Å²) in [7, 11) is 3.69. The molecule has 0 amide bonds. The molecule has 5 nitrogen and oxygen atoms in total. The minimum Gasteiger partial charge on any atom is -0.388 e. The number of aliphatic hydroxyl groups is 1. The summed E-state index contributed by atoms with van der Waals surface area (Å²) in [4.78, 5) is 8.36. The second-order valence-corrected chi connectivity index (χ2v) is 5.16. The Labute approximate surface area is 122 Å². The lowest BCUT2D eigenvalue weighted by molar-refractivity contribution is -0.0165. The number of rotatable bonds is 5. The molecule has 1 aliphatic rings. The summed E-state index contributed by atoms with van der Waals surface area (Å²) in [6, 6.07) is 0. The Hall–Kier alpha value is -1.49. The molecule has 1 atom stereocenters. The fourth-order valence-corrected chi connectivity index (χ4v) is 2.49. The maximum atomic E-state index is 10.9. The lowest BCUT2D eigenvalue weighted by Gasteiger charge is -2.40. The normalized spacial score (nSPS) is 19.8. The third-order valence-corrected chi connectivity index (χ3v) is 3.74. The average molecular weight is 280 g/mol. The Balaban J connectivity index is 3.03. The molecule has 0 aromatic heterocycles. The van der Waals surface area contributed by atoms with Crippen LogP contribution >= 0.6 is 0 Å². The monoisotopic (exact) mass is 280 g/mol. The van der Waals surface area contributed by atoms with Crippen LogP contribution in [0.1, 0.15) is 33.1 Å². The molecule has 114 valence electrons. The molecule has 0 saturated carbocycles. The van der Waals surface area contributed by atoms with E-state index in [1.165, 1.54) is 6.20 Å². The van der Waals surface area contributed by atoms with Crippen molar-refractivity contribution in [2.24, 2.45) is 4.99 Å². The van der Waals surface area contributed by atoms with Gasteiger partial charge in [-0.25, -0.2) is 4.99 Å². The Morgan fingerprint density at radius 2 is 2.10 bits per heavy atom. The largest absolute Gasteiger partial charge is 0.388 e. The highest BCUT2D eigenvalue weighted by atomic mass is 16.3. The SMILES string of the molecule is C=CN=C(N1CCCC1)N(C)C(C)(O)/C(=C\CC)NC. The number of hydrogen-bond donors (Lipinski definition) is 2. The summed E-state index contributed by atoms with van der Waals surface area (Å²) in [6.45, 7) is 9.45. The molecule has 0 spiro atoms. The van der Waals surface area contributed by atoms with Crippen LogP contribution in [0.25, 0.3) is 0 Å². The second kappa shape index (κ2) is 7.33. The average Bonchev–Trinajstić information content (AvgIpc) is 2.94. The van der Waals surface area contributed by atoms with Gasteiger partial charge in [-0.2, -0.15) is 0 Å². The fourth-order valence-electron chi connectivity index (χ4n) is 2.49. The summed E-state index contributed by atoms with van der Waals surface area (Å²) in [5.41, 5.74) is -0.353. The molecule has 0 aliphatic carbocycles. The van der Waals surface area contributed by atoms with Crippen molar-refractivity contribution in [1.29, 1.82) is 0 Å². The minimum atomic E-state index is -1.13. The lowest BCUT2D eigenvalue weighted by Crippen LogP contribution is -2.55. The molecule has 0 aromatic carbocycles. The first kappa shape index (κ1) is 16.6. The van der Waals surface area contributed by atoms with Crippen molar-refractivity contribution in [3.63, 3.8) is 0 Å². The number of aliphatic imine (C=N–C) groups is 1. The van der Waals surface area contributed by atoms with Gasteiger partial charge in [0.05, 0.1) is 5.70 Å². The van der Waals surface area contributed by atoms with Gasteiger partial charge in [0, 0.05) is 33.4 Å². The van der Waals surface area contributed by atoms with E-state index in [-0.39, 0.29) is 0 Å². The van der Waals surface area contributed by atoms with Crippen molar-refractivity contribution in [3.05, 3.63) is 24.6 Å². The van der Waals surface area contributed by atoms with Gasteiger partial charge in [-0.1, -0.05) is 19.6 Å². The molecule has 20 heavy (non-hydrogen) atoms. The van der Waals surface area contributed by atoms with Crippen molar-refractivity contribution >= 4 is 5.96 Å². The van der Waals surface area contributed by atoms with Crippen molar-refractivity contribution in [3.8, 4) is 0 Å². The number of likely N-dealkylation sites (N-methyl/N-ethyl adjacent to an activating group) is 2. The fraction of sp³-hybridized carbons (Fsp3) is 0.667. The summed E-state index contributed by atoms with van der Waals surface area (Å²) in [6.07, 6.45) is 6.71. The summed E-state index contributed by atoms with van der Waals surface area (Å²) >= 11 is 0. The second-order valence-electron chi connectivity index (χ2n) is 5.16. The zero-order chi connectivity index (χ0) is 15.2. The Morgan fingerprint density at radius 3 is 2.55 bits per heavy atom. The van der Waals surface area contributed by atoms with Crippen LogP contribution in [0.3, 0.4) is 0 Å². The third kappa shape index (κ3) is 3.54. The molecule has 1 rings (SSSR count). The standard InChI is InChI=1S/C15H28N4O/c1-6-10-13(16-4)15(3,20)18(5)14(17-7-2)19-11-8-9-12-19/h7,10,16,20H,2,6,8-9,11-12H2,1,3-5H3/b13-10+,17-14?. The zero-order valence-corrected chi connectivity index (χ0v) is 13.2. The Kier molecular flexibility index (Phi) is 6.07. The maximum Gasteiger partial charge on any atom is 0.203 e. The summed E-state index contributed by atoms with van der Waals surface area (Å²) in [5, 5.41) is 14.0. The Bertz CT molecular complexity index is 381. The van der Waals surface area contributed by atoms with E-state index in [4.69, 9.17) is 0 Å². The van der Waals surface area contributed by atoms with E-state index in [1.54, 1.807) is 11.8 Å². The van der Waals surface area contributed by atoms with Gasteiger partial charge in [-0.15, -0.1) is 0 Å². The molecule has 0 radical (unpaired) electrons. The predicted octanol–water partition coefficient (Wildman–Crippen LogP) is 1.74. The minimum absolute atomic E-state index is 0.764. The molecular formula is C15H28N4O. The molecule has 1 fully saturated rings. The molecule has 1 aliphatic heterocycles. The highest BCUT2D eigenvalue weighted by Crippen LogP contribution is 2.22. The zero-order valence-electron chi connectivity index (χ0n) is 13.2. The van der Waals surface area contributed by atoms with Crippen molar-refractivity contribution in [2.75, 3.05) is 27.2 Å². The van der Waals surface area contributed by atoms with Crippen LogP contribution < -0.4 is 5.32 Å². The number of allylic oxidation sites excluding steroid dienone is 1. The molecule has 0 bridgehead atoms. The van der Waals surface area contributed by atoms with E-state index in [0.717, 1.165) is 44.0 Å². The molecule has 5 heteroatoms. The number of nitrogens with zero attached hydrogens (tertiary/aromatic N) is 3. The molecule has 1 saturated heterocycles. The van der Waals surface area contributed by atoms with E-state index < -0.39 is 5.72 Å². The van der Waals surface area contributed by atoms with E-state index >= 15 is 0 Å². The van der Waals surface area contributed by atoms with Crippen LogP contribution in [0.2, 0.25) is 0 Å². The smallest absolute Gasteiger partial charge is 0.203 e. The summed E-state index contributed by atoms with van der Waals surface area (Å²) < 4.78 is 0. The molecule has 1 heterocycles. The number of nitrogens with one attached hydrogen (secondary N) is 1. The van der Waals surface area contributed by atoms with E-state index in [1.807, 2.05) is 27.1 Å². The van der Waals surface area contributed by atoms with Crippen LogP contribution in [-0.2, 0) is 0 Å². The van der Waals surface area contributed by atoms with Gasteiger partial charge >= 0.3 is 0 Å². The van der Waals surface area contributed by atoms with Gasteiger partial charge in [0.2, 0.25) is 5.96 Å². The van der Waals surface area contributed by atoms with Gasteiger partial charge in [0.15, 0.2) is 5.72 Å². The predicted molar refractivity (Wildman–Crippen MR) is 84.3 cm³/mol. The van der Waals surface area contributed by atoms with Crippen molar-refractivity contribution in [2.45, 2.75) is 38.8 Å². The highest BCUT2D eigenvalue weighted by Gasteiger charge is 2.35. The summed E-state index contributed by atoms with van der Waals surface area (Å²) in [5.74, 6) is 0.764. The number of likely N-dealkylation sites (tertiary alicyclic amines) is 1. The van der Waals surface area contributed by atoms with E-state index in [9.17, 15) is 5.11 Å². The van der Waals surface area contributed by atoms with Crippen LogP contribution in [0, 0.1) is 0 Å². The van der Waals surface area contributed by atoms with Crippen LogP contribution in [0.15, 0.2) is 29.5 Å². The first-order chi connectivity index (χ1) is 9.48. The molecule has 2 N–H and O–H groups in total. The third-order valence-electron chi connectivity index (χ3n) is 3.74. The number of guanidine groups is 1. The van der Waals surface area contributed by atoms with Crippen molar-refractivity contribution < 1.29 is 5.11 Å².